The normalized spacial score (nSPS) is 11.5. The molecule has 0 saturated carbocycles. The molecule has 0 bridgehead atoms. The molecule has 0 saturated heterocycles. The van der Waals surface area contributed by atoms with Gasteiger partial charge in [-0.1, -0.05) is 44.2 Å². The van der Waals surface area contributed by atoms with Gasteiger partial charge in [0.2, 0.25) is 5.91 Å². The Morgan fingerprint density at radius 3 is 2.19 bits per heavy atom. The summed E-state index contributed by atoms with van der Waals surface area (Å²) in [6.45, 7) is 4.33. The Balaban J connectivity index is 2.29. The van der Waals surface area contributed by atoms with Gasteiger partial charge >= 0.3 is 0 Å². The van der Waals surface area contributed by atoms with E-state index in [1.54, 1.807) is 36.4 Å². The van der Waals surface area contributed by atoms with E-state index in [0.717, 1.165) is 18.4 Å². The lowest BCUT2D eigenvalue weighted by atomic mass is 10.0. The van der Waals surface area contributed by atoms with Crippen molar-refractivity contribution >= 4 is 21.6 Å². The van der Waals surface area contributed by atoms with Crippen LogP contribution >= 0.6 is 0 Å². The Labute approximate surface area is 155 Å². The zero-order valence-corrected chi connectivity index (χ0v) is 16.1. The minimum absolute atomic E-state index is 0.0107. The summed E-state index contributed by atoms with van der Waals surface area (Å²) in [5.41, 5.74) is 6.84. The number of primary amides is 1. The fourth-order valence-corrected chi connectivity index (χ4v) is 4.07. The van der Waals surface area contributed by atoms with Gasteiger partial charge in [-0.05, 0) is 48.6 Å². The van der Waals surface area contributed by atoms with Gasteiger partial charge in [-0.3, -0.25) is 9.10 Å². The van der Waals surface area contributed by atoms with E-state index < -0.39 is 15.9 Å². The van der Waals surface area contributed by atoms with E-state index in [0.29, 0.717) is 11.6 Å². The maximum absolute atomic E-state index is 13.1. The Bertz CT molecular complexity index is 816. The number of sulfonamides is 1. The molecule has 5 nitrogen and oxygen atoms in total. The van der Waals surface area contributed by atoms with E-state index in [4.69, 9.17) is 5.73 Å². The lowest BCUT2D eigenvalue weighted by molar-refractivity contribution is -0.117. The summed E-state index contributed by atoms with van der Waals surface area (Å²) in [7, 11) is -3.77. The molecule has 0 aromatic heterocycles. The largest absolute Gasteiger partial charge is 0.370 e. The average molecular weight is 375 g/mol. The summed E-state index contributed by atoms with van der Waals surface area (Å²) in [5, 5.41) is 0. The van der Waals surface area contributed by atoms with Crippen molar-refractivity contribution in [1.82, 2.24) is 0 Å². The molecule has 0 aliphatic heterocycles. The van der Waals surface area contributed by atoms with Gasteiger partial charge in [0, 0.05) is 13.0 Å². The van der Waals surface area contributed by atoms with Gasteiger partial charge in [-0.25, -0.2) is 8.42 Å². The maximum atomic E-state index is 13.1. The van der Waals surface area contributed by atoms with Crippen molar-refractivity contribution in [2.75, 3.05) is 10.8 Å². The number of hydrogen-bond donors (Lipinski definition) is 1. The fourth-order valence-electron chi connectivity index (χ4n) is 2.60. The third kappa shape index (κ3) is 5.33. The first-order valence-electron chi connectivity index (χ1n) is 8.75. The highest BCUT2D eigenvalue weighted by molar-refractivity contribution is 7.92. The van der Waals surface area contributed by atoms with Crippen molar-refractivity contribution in [3.63, 3.8) is 0 Å². The highest BCUT2D eigenvalue weighted by atomic mass is 32.2. The second-order valence-corrected chi connectivity index (χ2v) is 8.57. The lowest BCUT2D eigenvalue weighted by Crippen LogP contribution is -2.34. The van der Waals surface area contributed by atoms with Crippen LogP contribution in [0.3, 0.4) is 0 Å². The zero-order chi connectivity index (χ0) is 19.2. The van der Waals surface area contributed by atoms with Gasteiger partial charge < -0.3 is 5.73 Å². The van der Waals surface area contributed by atoms with Gasteiger partial charge in [0.05, 0.1) is 10.6 Å². The van der Waals surface area contributed by atoms with Gasteiger partial charge in [0.1, 0.15) is 0 Å². The topological polar surface area (TPSA) is 80.5 Å². The quantitative estimate of drug-likeness (QED) is 0.731. The number of para-hydroxylation sites is 1. The van der Waals surface area contributed by atoms with E-state index in [1.807, 2.05) is 18.2 Å². The molecule has 26 heavy (non-hydrogen) atoms. The van der Waals surface area contributed by atoms with E-state index in [2.05, 4.69) is 13.8 Å². The molecule has 2 aromatic rings. The molecule has 2 rings (SSSR count). The van der Waals surface area contributed by atoms with Crippen LogP contribution in [0, 0.1) is 5.92 Å². The highest BCUT2D eigenvalue weighted by Crippen LogP contribution is 2.24. The van der Waals surface area contributed by atoms with E-state index in [-0.39, 0.29) is 17.9 Å². The molecule has 1 amide bonds. The van der Waals surface area contributed by atoms with Crippen LogP contribution in [-0.4, -0.2) is 20.9 Å². The minimum Gasteiger partial charge on any atom is -0.370 e. The van der Waals surface area contributed by atoms with Crippen molar-refractivity contribution in [3.05, 3.63) is 60.2 Å². The molecule has 6 heteroatoms. The first-order valence-corrected chi connectivity index (χ1v) is 10.2. The molecule has 2 aromatic carbocycles. The van der Waals surface area contributed by atoms with E-state index in [1.165, 1.54) is 4.31 Å². The maximum Gasteiger partial charge on any atom is 0.264 e. The standard InChI is InChI=1S/C20H26N2O3S/c1-16(2)8-9-17-10-12-19(13-11-17)26(24,25)22(15-14-20(21)23)18-6-4-3-5-7-18/h3-7,10-13,16H,8-9,14-15H2,1-2H3,(H2,21,23). The number of aryl methyl sites for hydroxylation is 1. The summed E-state index contributed by atoms with van der Waals surface area (Å²) >= 11 is 0. The number of amides is 1. The summed E-state index contributed by atoms with van der Waals surface area (Å²) in [6, 6.07) is 15.7. The van der Waals surface area contributed by atoms with Crippen LogP contribution in [0.1, 0.15) is 32.3 Å². The van der Waals surface area contributed by atoms with Gasteiger partial charge in [-0.2, -0.15) is 0 Å². The summed E-state index contributed by atoms with van der Waals surface area (Å²) in [4.78, 5) is 11.4. The molecule has 140 valence electrons. The van der Waals surface area contributed by atoms with Crippen LogP contribution in [0.25, 0.3) is 0 Å². The van der Waals surface area contributed by atoms with Crippen LogP contribution in [0.4, 0.5) is 5.69 Å². The number of nitrogens with zero attached hydrogens (tertiary/aromatic N) is 1. The number of anilines is 1. The van der Waals surface area contributed by atoms with E-state index >= 15 is 0 Å². The van der Waals surface area contributed by atoms with Crippen LogP contribution < -0.4 is 10.0 Å². The summed E-state index contributed by atoms with van der Waals surface area (Å²) in [6.07, 6.45) is 1.93. The number of carbonyl (C=O) groups is 1. The van der Waals surface area contributed by atoms with Crippen molar-refractivity contribution in [1.29, 1.82) is 0 Å². The number of carbonyl (C=O) groups excluding carboxylic acids is 1. The lowest BCUT2D eigenvalue weighted by Gasteiger charge is -2.24. The highest BCUT2D eigenvalue weighted by Gasteiger charge is 2.25. The molecular weight excluding hydrogens is 348 g/mol. The van der Waals surface area contributed by atoms with Crippen LogP contribution in [0.2, 0.25) is 0 Å². The predicted octanol–water partition coefficient (Wildman–Crippen LogP) is 3.35. The molecule has 0 atom stereocenters. The Hall–Kier alpha value is -2.34. The van der Waals surface area contributed by atoms with Crippen molar-refractivity contribution in [2.45, 2.75) is 38.0 Å². The summed E-state index contributed by atoms with van der Waals surface area (Å²) < 4.78 is 27.4. The Morgan fingerprint density at radius 2 is 1.65 bits per heavy atom. The van der Waals surface area contributed by atoms with Gasteiger partial charge in [0.25, 0.3) is 10.0 Å². The Kier molecular flexibility index (Phi) is 6.80. The van der Waals surface area contributed by atoms with Crippen LogP contribution in [0.15, 0.2) is 59.5 Å². The number of rotatable bonds is 9. The van der Waals surface area contributed by atoms with Gasteiger partial charge in [-0.15, -0.1) is 0 Å². The summed E-state index contributed by atoms with van der Waals surface area (Å²) in [5.74, 6) is 0.0611. The molecule has 0 aliphatic rings. The molecule has 0 spiro atoms. The van der Waals surface area contributed by atoms with Crippen LogP contribution in [-0.2, 0) is 21.2 Å². The monoisotopic (exact) mass is 374 g/mol. The molecule has 0 heterocycles. The van der Waals surface area contributed by atoms with Crippen molar-refractivity contribution in [2.24, 2.45) is 11.7 Å². The molecule has 0 radical (unpaired) electrons. The number of hydrogen-bond acceptors (Lipinski definition) is 3. The molecule has 0 unspecified atom stereocenters. The average Bonchev–Trinajstić information content (AvgIpc) is 2.61. The number of benzene rings is 2. The molecule has 0 fully saturated rings. The van der Waals surface area contributed by atoms with Crippen LogP contribution in [0.5, 0.6) is 0 Å². The predicted molar refractivity (Wildman–Crippen MR) is 104 cm³/mol. The third-order valence-corrected chi connectivity index (χ3v) is 5.97. The third-order valence-electron chi connectivity index (χ3n) is 4.13. The molecular formula is C20H26N2O3S. The second kappa shape index (κ2) is 8.85. The Morgan fingerprint density at radius 1 is 1.04 bits per heavy atom. The first-order chi connectivity index (χ1) is 12.3. The minimum atomic E-state index is -3.77. The fraction of sp³-hybridized carbons (Fsp3) is 0.350. The molecule has 2 N–H and O–H groups in total. The van der Waals surface area contributed by atoms with Crippen molar-refractivity contribution in [3.8, 4) is 0 Å². The second-order valence-electron chi connectivity index (χ2n) is 6.71. The first kappa shape index (κ1) is 20.0. The number of nitrogens with two attached hydrogens (primary N) is 1. The van der Waals surface area contributed by atoms with Crippen molar-refractivity contribution < 1.29 is 13.2 Å². The van der Waals surface area contributed by atoms with Gasteiger partial charge in [0.15, 0.2) is 0 Å². The smallest absolute Gasteiger partial charge is 0.264 e. The van der Waals surface area contributed by atoms with E-state index in [9.17, 15) is 13.2 Å². The molecule has 0 aliphatic carbocycles. The zero-order valence-electron chi connectivity index (χ0n) is 15.3. The SMILES string of the molecule is CC(C)CCc1ccc(S(=O)(=O)N(CCC(N)=O)c2ccccc2)cc1.